The fourth-order valence-corrected chi connectivity index (χ4v) is 2.92. The molecule has 0 radical (unpaired) electrons. The minimum Gasteiger partial charge on any atom is -0.483 e. The third-order valence-corrected chi connectivity index (χ3v) is 3.82. The second-order valence-corrected chi connectivity index (χ2v) is 5.56. The molecule has 2 unspecified atom stereocenters. The van der Waals surface area contributed by atoms with Gasteiger partial charge in [0.15, 0.2) is 0 Å². The molecule has 72 valence electrons. The highest BCUT2D eigenvalue weighted by molar-refractivity contribution is 9.11. The largest absolute Gasteiger partial charge is 0.483 e. The monoisotopic (exact) mass is 262 g/mol. The highest BCUT2D eigenvalue weighted by atomic mass is 79.9. The van der Waals surface area contributed by atoms with Crippen LogP contribution in [0.2, 0.25) is 0 Å². The van der Waals surface area contributed by atoms with Gasteiger partial charge in [0.25, 0.3) is 6.47 Å². The van der Waals surface area contributed by atoms with E-state index in [2.05, 4.69) is 35.0 Å². The van der Waals surface area contributed by atoms with Crippen LogP contribution in [-0.2, 0) is 4.79 Å². The lowest BCUT2D eigenvalue weighted by Gasteiger charge is -1.86. The van der Waals surface area contributed by atoms with E-state index >= 15 is 0 Å². The molecule has 2 rings (SSSR count). The molecule has 0 spiro atoms. The average Bonchev–Trinajstić information content (AvgIpc) is 2.61. The molecule has 1 fully saturated rings. The Morgan fingerprint density at radius 1 is 1.69 bits per heavy atom. The second kappa shape index (κ2) is 4.77. The molecule has 13 heavy (non-hydrogen) atoms. The summed E-state index contributed by atoms with van der Waals surface area (Å²) in [5.41, 5.74) is 0. The van der Waals surface area contributed by atoms with E-state index < -0.39 is 0 Å². The van der Waals surface area contributed by atoms with E-state index in [1.54, 1.807) is 4.88 Å². The van der Waals surface area contributed by atoms with Crippen molar-refractivity contribution in [3.63, 3.8) is 0 Å². The molecular weight excluding hydrogens is 252 g/mol. The Balaban J connectivity index is 0.000000251. The van der Waals surface area contributed by atoms with Crippen LogP contribution in [0.25, 0.3) is 0 Å². The lowest BCUT2D eigenvalue weighted by molar-refractivity contribution is -0.122. The lowest BCUT2D eigenvalue weighted by atomic mass is 10.3. The van der Waals surface area contributed by atoms with Crippen molar-refractivity contribution in [1.29, 1.82) is 0 Å². The van der Waals surface area contributed by atoms with Crippen molar-refractivity contribution in [3.05, 3.63) is 20.8 Å². The third kappa shape index (κ3) is 3.12. The first kappa shape index (κ1) is 10.7. The molecule has 0 amide bonds. The van der Waals surface area contributed by atoms with E-state index in [0.717, 1.165) is 11.8 Å². The number of thiophene rings is 1. The van der Waals surface area contributed by atoms with Crippen molar-refractivity contribution in [2.24, 2.45) is 5.92 Å². The van der Waals surface area contributed by atoms with Gasteiger partial charge in [-0.3, -0.25) is 4.79 Å². The molecule has 1 aromatic rings. The summed E-state index contributed by atoms with van der Waals surface area (Å²) < 4.78 is 1.27. The van der Waals surface area contributed by atoms with Crippen molar-refractivity contribution in [2.75, 3.05) is 0 Å². The summed E-state index contributed by atoms with van der Waals surface area (Å²) in [4.78, 5) is 9.92. The molecule has 0 aliphatic heterocycles. The van der Waals surface area contributed by atoms with Crippen LogP contribution in [0.4, 0.5) is 0 Å². The summed E-state index contributed by atoms with van der Waals surface area (Å²) in [5, 5.41) is 6.89. The normalized spacial score (nSPS) is 24.5. The van der Waals surface area contributed by atoms with Gasteiger partial charge >= 0.3 is 0 Å². The van der Waals surface area contributed by atoms with Crippen molar-refractivity contribution < 1.29 is 9.90 Å². The number of hydrogen-bond donors (Lipinski definition) is 1. The number of hydrogen-bond acceptors (Lipinski definition) is 2. The average molecular weight is 263 g/mol. The first-order valence-electron chi connectivity index (χ1n) is 4.02. The molecule has 2 atom stereocenters. The molecule has 1 N–H and O–H groups in total. The zero-order valence-electron chi connectivity index (χ0n) is 7.24. The second-order valence-electron chi connectivity index (χ2n) is 3.07. The van der Waals surface area contributed by atoms with E-state index in [4.69, 9.17) is 9.90 Å². The van der Waals surface area contributed by atoms with Crippen LogP contribution in [0, 0.1) is 5.92 Å². The van der Waals surface area contributed by atoms with Crippen LogP contribution in [0.15, 0.2) is 15.9 Å². The summed E-state index contributed by atoms with van der Waals surface area (Å²) in [5.74, 6) is 1.82. The van der Waals surface area contributed by atoms with E-state index in [1.807, 2.05) is 11.3 Å². The van der Waals surface area contributed by atoms with Gasteiger partial charge in [-0.15, -0.1) is 11.3 Å². The standard InChI is InChI=1S/C8H9BrS.CH2O2/c1-5-4-6(5)7-2-3-8(9)10-7;2-1-3/h2-3,5-6H,4H2,1H3;1H,(H,2,3). The first-order chi connectivity index (χ1) is 6.19. The van der Waals surface area contributed by atoms with E-state index in [0.29, 0.717) is 0 Å². The number of carbonyl (C=O) groups is 1. The third-order valence-electron chi connectivity index (χ3n) is 2.07. The molecule has 1 aliphatic rings. The fourth-order valence-electron chi connectivity index (χ4n) is 1.25. The maximum atomic E-state index is 8.36. The molecule has 0 bridgehead atoms. The Morgan fingerprint density at radius 2 is 2.23 bits per heavy atom. The Bertz CT molecular complexity index is 285. The number of rotatable bonds is 1. The van der Waals surface area contributed by atoms with Crippen molar-refractivity contribution in [2.45, 2.75) is 19.3 Å². The fraction of sp³-hybridized carbons (Fsp3) is 0.444. The molecule has 1 aromatic heterocycles. The summed E-state index contributed by atoms with van der Waals surface area (Å²) in [6.07, 6.45) is 1.40. The summed E-state index contributed by atoms with van der Waals surface area (Å²) in [6, 6.07) is 4.38. The summed E-state index contributed by atoms with van der Waals surface area (Å²) in [7, 11) is 0. The molecule has 1 aliphatic carbocycles. The Labute approximate surface area is 89.7 Å². The Hall–Kier alpha value is -0.350. The highest BCUT2D eigenvalue weighted by Crippen LogP contribution is 2.49. The van der Waals surface area contributed by atoms with Gasteiger partial charge in [0.1, 0.15) is 0 Å². The van der Waals surface area contributed by atoms with E-state index in [1.165, 1.54) is 10.2 Å². The predicted molar refractivity (Wildman–Crippen MR) is 57.2 cm³/mol. The van der Waals surface area contributed by atoms with Crippen molar-refractivity contribution >= 4 is 33.7 Å². The highest BCUT2D eigenvalue weighted by Gasteiger charge is 2.34. The van der Waals surface area contributed by atoms with Crippen LogP contribution in [0.5, 0.6) is 0 Å². The zero-order valence-corrected chi connectivity index (χ0v) is 9.64. The number of halogens is 1. The molecule has 1 heterocycles. The molecular formula is C9H11BrO2S. The quantitative estimate of drug-likeness (QED) is 0.789. The summed E-state index contributed by atoms with van der Waals surface area (Å²) in [6.45, 7) is 2.07. The van der Waals surface area contributed by atoms with Gasteiger partial charge < -0.3 is 5.11 Å². The smallest absolute Gasteiger partial charge is 0.290 e. The zero-order chi connectivity index (χ0) is 9.84. The maximum absolute atomic E-state index is 8.36. The Morgan fingerprint density at radius 3 is 2.54 bits per heavy atom. The van der Waals surface area contributed by atoms with Gasteiger partial charge in [-0.1, -0.05) is 6.92 Å². The molecule has 1 saturated carbocycles. The van der Waals surface area contributed by atoms with Gasteiger partial charge in [0.05, 0.1) is 3.79 Å². The van der Waals surface area contributed by atoms with Crippen molar-refractivity contribution in [3.8, 4) is 0 Å². The number of carboxylic acid groups (broad SMARTS) is 1. The van der Waals surface area contributed by atoms with Crippen LogP contribution >= 0.6 is 27.3 Å². The van der Waals surface area contributed by atoms with Gasteiger partial charge in [-0.25, -0.2) is 0 Å². The lowest BCUT2D eigenvalue weighted by Crippen LogP contribution is -1.69. The molecule has 0 saturated heterocycles. The van der Waals surface area contributed by atoms with Gasteiger partial charge in [-0.05, 0) is 46.3 Å². The van der Waals surface area contributed by atoms with E-state index in [9.17, 15) is 0 Å². The first-order valence-corrected chi connectivity index (χ1v) is 5.63. The molecule has 2 nitrogen and oxygen atoms in total. The van der Waals surface area contributed by atoms with Crippen LogP contribution in [0.1, 0.15) is 24.1 Å². The van der Waals surface area contributed by atoms with Gasteiger partial charge in [0, 0.05) is 4.88 Å². The topological polar surface area (TPSA) is 37.3 Å². The van der Waals surface area contributed by atoms with Gasteiger partial charge in [-0.2, -0.15) is 0 Å². The Kier molecular flexibility index (Phi) is 3.93. The molecule has 4 heteroatoms. The minimum atomic E-state index is -0.250. The SMILES string of the molecule is CC1CC1c1ccc(Br)s1.O=CO. The van der Waals surface area contributed by atoms with Crippen LogP contribution in [0.3, 0.4) is 0 Å². The maximum Gasteiger partial charge on any atom is 0.290 e. The van der Waals surface area contributed by atoms with Crippen LogP contribution < -0.4 is 0 Å². The van der Waals surface area contributed by atoms with Crippen molar-refractivity contribution in [1.82, 2.24) is 0 Å². The molecule has 0 aromatic carbocycles. The van der Waals surface area contributed by atoms with E-state index in [-0.39, 0.29) is 6.47 Å². The summed E-state index contributed by atoms with van der Waals surface area (Å²) >= 11 is 5.35. The van der Waals surface area contributed by atoms with Gasteiger partial charge in [0.2, 0.25) is 0 Å². The minimum absolute atomic E-state index is 0.250. The van der Waals surface area contributed by atoms with Crippen LogP contribution in [-0.4, -0.2) is 11.6 Å². The predicted octanol–water partition coefficient (Wildman–Crippen LogP) is 3.33.